The van der Waals surface area contributed by atoms with Crippen LogP contribution in [0, 0.1) is 5.92 Å². The minimum Gasteiger partial charge on any atom is -0.466 e. The van der Waals surface area contributed by atoms with E-state index in [1.165, 1.54) is 19.6 Å². The normalized spacial score (nSPS) is 30.3. The molecule has 0 aromatic rings. The fraction of sp³-hybridized carbons (Fsp3) is 0.750. The van der Waals surface area contributed by atoms with Gasteiger partial charge in [-0.05, 0) is 18.8 Å². The number of aliphatic hydroxyl groups excluding tert-OH is 1. The van der Waals surface area contributed by atoms with E-state index in [-0.39, 0.29) is 18.1 Å². The average Bonchev–Trinajstić information content (AvgIpc) is 2.29. The fourth-order valence-corrected chi connectivity index (χ4v) is 2.33. The van der Waals surface area contributed by atoms with Gasteiger partial charge in [0.1, 0.15) is 0 Å². The minimum absolute atomic E-state index is 0.100. The molecule has 0 saturated heterocycles. The largest absolute Gasteiger partial charge is 0.466 e. The van der Waals surface area contributed by atoms with Gasteiger partial charge in [-0.1, -0.05) is 19.8 Å². The second kappa shape index (κ2) is 5.89. The van der Waals surface area contributed by atoms with Gasteiger partial charge in [-0.25, -0.2) is 4.79 Å². The Labute approximate surface area is 96.7 Å². The number of carbonyl (C=O) groups excluding carboxylic acids is 1. The molecular formula is C12H21NO3. The quantitative estimate of drug-likeness (QED) is 0.560. The molecule has 0 aromatic carbocycles. The van der Waals surface area contributed by atoms with Crippen LogP contribution in [0.4, 0.5) is 0 Å². The molecule has 16 heavy (non-hydrogen) atoms. The van der Waals surface area contributed by atoms with Crippen molar-refractivity contribution in [2.24, 2.45) is 5.92 Å². The Kier molecular flexibility index (Phi) is 4.80. The Bertz CT molecular complexity index is 265. The molecule has 0 aliphatic heterocycles. The van der Waals surface area contributed by atoms with Crippen LogP contribution >= 0.6 is 0 Å². The van der Waals surface area contributed by atoms with Crippen LogP contribution < -0.4 is 5.32 Å². The monoisotopic (exact) mass is 227 g/mol. The summed E-state index contributed by atoms with van der Waals surface area (Å²) in [5.41, 5.74) is -0.262. The standard InChI is InChI=1S/C12H21NO3/c1-10-4-3-6-12(8-10,9-14)13-7-5-11(15)16-2/h5,7,10,13-14H,3-4,6,8-9H2,1-2H3/b7-5+. The summed E-state index contributed by atoms with van der Waals surface area (Å²) >= 11 is 0. The van der Waals surface area contributed by atoms with Crippen molar-refractivity contribution in [2.75, 3.05) is 13.7 Å². The highest BCUT2D eigenvalue weighted by Crippen LogP contribution is 2.31. The van der Waals surface area contributed by atoms with Gasteiger partial charge in [0, 0.05) is 12.3 Å². The number of hydrogen-bond donors (Lipinski definition) is 2. The van der Waals surface area contributed by atoms with Gasteiger partial charge in [0.25, 0.3) is 0 Å². The van der Waals surface area contributed by atoms with E-state index < -0.39 is 0 Å². The van der Waals surface area contributed by atoms with E-state index in [9.17, 15) is 9.90 Å². The lowest BCUT2D eigenvalue weighted by molar-refractivity contribution is -0.134. The van der Waals surface area contributed by atoms with E-state index in [2.05, 4.69) is 17.0 Å². The van der Waals surface area contributed by atoms with Crippen LogP contribution in [0.3, 0.4) is 0 Å². The first-order chi connectivity index (χ1) is 7.62. The zero-order chi connectivity index (χ0) is 12.0. The SMILES string of the molecule is COC(=O)/C=C/NC1(CO)CCCC(C)C1. The van der Waals surface area contributed by atoms with Gasteiger partial charge >= 0.3 is 5.97 Å². The van der Waals surface area contributed by atoms with E-state index in [0.29, 0.717) is 5.92 Å². The van der Waals surface area contributed by atoms with Gasteiger partial charge < -0.3 is 15.2 Å². The number of ether oxygens (including phenoxy) is 1. The summed E-state index contributed by atoms with van der Waals surface area (Å²) in [7, 11) is 1.34. The maximum absolute atomic E-state index is 10.9. The summed E-state index contributed by atoms with van der Waals surface area (Å²) in [5.74, 6) is 0.226. The molecule has 2 N–H and O–H groups in total. The Morgan fingerprint density at radius 3 is 3.00 bits per heavy atom. The van der Waals surface area contributed by atoms with Crippen LogP contribution in [-0.2, 0) is 9.53 Å². The van der Waals surface area contributed by atoms with Crippen molar-refractivity contribution in [1.29, 1.82) is 0 Å². The lowest BCUT2D eigenvalue weighted by atomic mass is 9.77. The van der Waals surface area contributed by atoms with Crippen molar-refractivity contribution in [3.8, 4) is 0 Å². The predicted octanol–water partition coefficient (Wildman–Crippen LogP) is 1.20. The molecular weight excluding hydrogens is 206 g/mol. The number of hydrogen-bond acceptors (Lipinski definition) is 4. The molecule has 4 heteroatoms. The number of aliphatic hydroxyl groups is 1. The Hall–Kier alpha value is -1.03. The zero-order valence-corrected chi connectivity index (χ0v) is 10.0. The molecule has 0 bridgehead atoms. The first-order valence-electron chi connectivity index (χ1n) is 5.75. The van der Waals surface area contributed by atoms with Crippen LogP contribution in [0.25, 0.3) is 0 Å². The van der Waals surface area contributed by atoms with Gasteiger partial charge in [0.05, 0.1) is 19.3 Å². The number of nitrogens with one attached hydrogen (secondary N) is 1. The molecule has 0 spiro atoms. The Morgan fingerprint density at radius 2 is 2.44 bits per heavy atom. The summed E-state index contributed by atoms with van der Waals surface area (Å²) in [5, 5.41) is 12.6. The molecule has 1 fully saturated rings. The highest BCUT2D eigenvalue weighted by atomic mass is 16.5. The second-order valence-electron chi connectivity index (χ2n) is 4.64. The zero-order valence-electron chi connectivity index (χ0n) is 10.0. The fourth-order valence-electron chi connectivity index (χ4n) is 2.33. The first kappa shape index (κ1) is 13.0. The smallest absolute Gasteiger partial charge is 0.331 e. The molecule has 1 saturated carbocycles. The molecule has 1 aliphatic rings. The summed E-state index contributed by atoms with van der Waals surface area (Å²) in [6, 6.07) is 0. The minimum atomic E-state index is -0.385. The number of carbonyl (C=O) groups is 1. The maximum atomic E-state index is 10.9. The summed E-state index contributed by atoms with van der Waals surface area (Å²) < 4.78 is 4.50. The third-order valence-electron chi connectivity index (χ3n) is 3.20. The van der Waals surface area contributed by atoms with E-state index in [1.807, 2.05) is 0 Å². The predicted molar refractivity (Wildman–Crippen MR) is 61.7 cm³/mol. The number of esters is 1. The molecule has 92 valence electrons. The Morgan fingerprint density at radius 1 is 1.69 bits per heavy atom. The topological polar surface area (TPSA) is 58.6 Å². The number of rotatable bonds is 4. The lowest BCUT2D eigenvalue weighted by Crippen LogP contribution is -2.49. The highest BCUT2D eigenvalue weighted by molar-refractivity contribution is 5.81. The van der Waals surface area contributed by atoms with Crippen LogP contribution in [0.2, 0.25) is 0 Å². The lowest BCUT2D eigenvalue weighted by Gasteiger charge is -2.39. The molecule has 2 atom stereocenters. The van der Waals surface area contributed by atoms with Gasteiger partial charge in [0.15, 0.2) is 0 Å². The molecule has 0 radical (unpaired) electrons. The van der Waals surface area contributed by atoms with Crippen molar-refractivity contribution in [3.05, 3.63) is 12.3 Å². The van der Waals surface area contributed by atoms with E-state index in [4.69, 9.17) is 0 Å². The molecule has 0 heterocycles. The van der Waals surface area contributed by atoms with Gasteiger partial charge in [-0.2, -0.15) is 0 Å². The van der Waals surface area contributed by atoms with Crippen molar-refractivity contribution >= 4 is 5.97 Å². The molecule has 2 unspecified atom stereocenters. The third-order valence-corrected chi connectivity index (χ3v) is 3.20. The first-order valence-corrected chi connectivity index (χ1v) is 5.75. The van der Waals surface area contributed by atoms with E-state index >= 15 is 0 Å². The molecule has 1 aliphatic carbocycles. The summed E-state index contributed by atoms with van der Waals surface area (Å²) in [4.78, 5) is 10.9. The van der Waals surface area contributed by atoms with Crippen molar-refractivity contribution in [2.45, 2.75) is 38.1 Å². The van der Waals surface area contributed by atoms with Gasteiger partial charge in [-0.3, -0.25) is 0 Å². The van der Waals surface area contributed by atoms with Crippen molar-refractivity contribution in [3.63, 3.8) is 0 Å². The van der Waals surface area contributed by atoms with Crippen LogP contribution in [0.15, 0.2) is 12.3 Å². The summed E-state index contributed by atoms with van der Waals surface area (Å²) in [6.45, 7) is 2.29. The summed E-state index contributed by atoms with van der Waals surface area (Å²) in [6.07, 6.45) is 7.13. The van der Waals surface area contributed by atoms with Gasteiger partial charge in [0.2, 0.25) is 0 Å². The van der Waals surface area contributed by atoms with E-state index in [0.717, 1.165) is 19.3 Å². The van der Waals surface area contributed by atoms with Crippen LogP contribution in [0.1, 0.15) is 32.6 Å². The highest BCUT2D eigenvalue weighted by Gasteiger charge is 2.33. The van der Waals surface area contributed by atoms with Crippen molar-refractivity contribution in [1.82, 2.24) is 5.32 Å². The van der Waals surface area contributed by atoms with Crippen LogP contribution in [-0.4, -0.2) is 30.3 Å². The average molecular weight is 227 g/mol. The molecule has 0 amide bonds. The molecule has 4 nitrogen and oxygen atoms in total. The molecule has 0 aromatic heterocycles. The van der Waals surface area contributed by atoms with Gasteiger partial charge in [-0.15, -0.1) is 0 Å². The maximum Gasteiger partial charge on any atom is 0.331 e. The number of methoxy groups -OCH3 is 1. The Balaban J connectivity index is 2.53. The second-order valence-corrected chi connectivity index (χ2v) is 4.64. The van der Waals surface area contributed by atoms with Crippen molar-refractivity contribution < 1.29 is 14.6 Å². The third kappa shape index (κ3) is 3.52. The molecule has 1 rings (SSSR count). The van der Waals surface area contributed by atoms with E-state index in [1.54, 1.807) is 6.20 Å². The van der Waals surface area contributed by atoms with Crippen LogP contribution in [0.5, 0.6) is 0 Å².